The first kappa shape index (κ1) is 35.8. The second kappa shape index (κ2) is 13.1. The molecule has 11 nitrogen and oxygen atoms in total. The zero-order valence-electron chi connectivity index (χ0n) is 29.9. The van der Waals surface area contributed by atoms with E-state index < -0.39 is 25.4 Å². The van der Waals surface area contributed by atoms with Gasteiger partial charge >= 0.3 is 6.09 Å². The van der Waals surface area contributed by atoms with E-state index in [4.69, 9.17) is 25.7 Å². The second-order valence-electron chi connectivity index (χ2n) is 16.0. The lowest BCUT2D eigenvalue weighted by Crippen LogP contribution is -2.46. The van der Waals surface area contributed by atoms with E-state index in [-0.39, 0.29) is 5.04 Å². The van der Waals surface area contributed by atoms with E-state index in [0.717, 1.165) is 37.2 Å². The van der Waals surface area contributed by atoms with Crippen LogP contribution in [0.5, 0.6) is 0 Å². The number of fused-ring (bicyclic) bond motifs is 1. The molecule has 2 aromatic heterocycles. The molecule has 0 unspecified atom stereocenters. The number of nitrogens with one attached hydrogen (secondary N) is 1. The van der Waals surface area contributed by atoms with Gasteiger partial charge in [-0.1, -0.05) is 39.3 Å². The maximum Gasteiger partial charge on any atom is 0.414 e. The first-order valence-electron chi connectivity index (χ1n) is 16.5. The van der Waals surface area contributed by atoms with Gasteiger partial charge in [-0.2, -0.15) is 10.4 Å². The summed E-state index contributed by atoms with van der Waals surface area (Å²) in [6.07, 6.45) is 2.30. The number of hydrogen-bond donors (Lipinski definition) is 1. The normalized spacial score (nSPS) is 20.1. The van der Waals surface area contributed by atoms with Gasteiger partial charge < -0.3 is 19.4 Å². The Kier molecular flexibility index (Phi) is 9.75. The third-order valence-corrected chi connectivity index (χ3v) is 14.4. The number of carbonyl (C=O) groups is 1. The zero-order valence-corrected chi connectivity index (χ0v) is 31.7. The molecule has 13 heteroatoms. The zero-order chi connectivity index (χ0) is 35.2. The van der Waals surface area contributed by atoms with Crippen molar-refractivity contribution in [2.24, 2.45) is 5.92 Å². The van der Waals surface area contributed by atoms with E-state index >= 15 is 0 Å². The number of nitrogens with zero attached hydrogens (tertiary/aromatic N) is 7. The molecule has 1 saturated heterocycles. The van der Waals surface area contributed by atoms with Crippen LogP contribution in [0.4, 0.5) is 22.2 Å². The predicted octanol–water partition coefficient (Wildman–Crippen LogP) is 7.60. The Morgan fingerprint density at radius 3 is 2.56 bits per heavy atom. The van der Waals surface area contributed by atoms with Crippen molar-refractivity contribution in [3.63, 3.8) is 0 Å². The fourth-order valence-corrected chi connectivity index (χ4v) is 7.33. The predicted molar refractivity (Wildman–Crippen MR) is 192 cm³/mol. The Hall–Kier alpha value is -3.50. The maximum absolute atomic E-state index is 13.6. The minimum Gasteiger partial charge on any atom is -0.443 e. The highest BCUT2D eigenvalue weighted by molar-refractivity contribution is 6.74. The first-order valence-corrected chi connectivity index (χ1v) is 19.8. The molecule has 3 aromatic rings. The van der Waals surface area contributed by atoms with E-state index in [2.05, 4.69) is 74.2 Å². The number of rotatable bonds is 8. The number of halogens is 1. The molecule has 0 saturated carbocycles. The van der Waals surface area contributed by atoms with Crippen molar-refractivity contribution in [3.05, 3.63) is 46.7 Å². The molecule has 2 aliphatic rings. The highest BCUT2D eigenvalue weighted by Crippen LogP contribution is 2.47. The Bertz CT molecular complexity index is 1720. The standard InChI is InChI=1S/C35H49ClN8O3Si/c1-33(2,3)47-32(45)43-21-35(7,22-46-48(9,10)34(4,5)6)26-16-24(15-25(18-37)30(26)43)27-11-13-38-31(39-27)40-29-17-28(36)41-44(29)20-23-12-14-42(8)19-23/h11,13,15-17,23H,12,14,19-22H2,1-10H3,(H,38,39,40)/t23-,35+/m0/s1. The third-order valence-electron chi connectivity index (χ3n) is 9.69. The number of amides is 1. The molecule has 1 fully saturated rings. The SMILES string of the molecule is CN1CC[C@H](Cn2nc(Cl)cc2Nc2nccc(-c3cc(C#N)c4c(c3)[C@@](C)(CO[Si](C)(C)C(C)(C)C)CN4C(=O)OC(C)(C)C)n2)C1. The molecule has 258 valence electrons. The molecule has 1 amide bonds. The number of hydrogen-bond acceptors (Lipinski definition) is 9. The minimum atomic E-state index is -2.14. The van der Waals surface area contributed by atoms with E-state index in [1.54, 1.807) is 23.2 Å². The van der Waals surface area contributed by atoms with Gasteiger partial charge in [0.1, 0.15) is 17.5 Å². The lowest BCUT2D eigenvalue weighted by atomic mass is 9.83. The quantitative estimate of drug-likeness (QED) is 0.238. The first-order chi connectivity index (χ1) is 22.3. The maximum atomic E-state index is 13.6. The van der Waals surface area contributed by atoms with Crippen LogP contribution in [-0.4, -0.2) is 77.9 Å². The van der Waals surface area contributed by atoms with Crippen molar-refractivity contribution < 1.29 is 14.0 Å². The Morgan fingerprint density at radius 1 is 1.21 bits per heavy atom. The summed E-state index contributed by atoms with van der Waals surface area (Å²) < 4.78 is 14.5. The molecular weight excluding hydrogens is 644 g/mol. The van der Waals surface area contributed by atoms with E-state index in [1.807, 2.05) is 37.6 Å². The van der Waals surface area contributed by atoms with Gasteiger partial charge in [-0.25, -0.2) is 19.4 Å². The number of nitriles is 1. The smallest absolute Gasteiger partial charge is 0.414 e. The van der Waals surface area contributed by atoms with Gasteiger partial charge in [0.25, 0.3) is 0 Å². The summed E-state index contributed by atoms with van der Waals surface area (Å²) in [6, 6.07) is 9.75. The van der Waals surface area contributed by atoms with Crippen molar-refractivity contribution >= 4 is 43.5 Å². The molecule has 2 atom stereocenters. The van der Waals surface area contributed by atoms with Crippen molar-refractivity contribution in [2.75, 3.05) is 43.5 Å². The summed E-state index contributed by atoms with van der Waals surface area (Å²) in [6.45, 7) is 22.2. The molecule has 1 N–H and O–H groups in total. The molecule has 1 aromatic carbocycles. The summed E-state index contributed by atoms with van der Waals surface area (Å²) in [7, 11) is -0.00883. The number of aromatic nitrogens is 4. The second-order valence-corrected chi connectivity index (χ2v) is 21.2. The van der Waals surface area contributed by atoms with Crippen LogP contribution < -0.4 is 10.2 Å². The number of anilines is 3. The topological polar surface area (TPSA) is 121 Å². The number of ether oxygens (including phenoxy) is 1. The average Bonchev–Trinajstić information content (AvgIpc) is 3.65. The Labute approximate surface area is 290 Å². The van der Waals surface area contributed by atoms with Crippen molar-refractivity contribution in [1.82, 2.24) is 24.6 Å². The van der Waals surface area contributed by atoms with Gasteiger partial charge in [-0.05, 0) is 88.6 Å². The fraction of sp³-hybridized carbons (Fsp3) is 0.571. The molecule has 48 heavy (non-hydrogen) atoms. The van der Waals surface area contributed by atoms with Crippen LogP contribution in [0, 0.1) is 17.2 Å². The van der Waals surface area contributed by atoms with Gasteiger partial charge in [0, 0.05) is 49.5 Å². The van der Waals surface area contributed by atoms with Crippen molar-refractivity contribution in [2.45, 2.75) is 90.6 Å². The summed E-state index contributed by atoms with van der Waals surface area (Å²) >= 11 is 6.34. The minimum absolute atomic E-state index is 0.00667. The molecule has 0 spiro atoms. The summed E-state index contributed by atoms with van der Waals surface area (Å²) in [5, 5.41) is 18.7. The van der Waals surface area contributed by atoms with Gasteiger partial charge in [0.2, 0.25) is 5.95 Å². The number of likely N-dealkylation sites (tertiary alicyclic amines) is 1. The van der Waals surface area contributed by atoms with Crippen LogP contribution in [0.2, 0.25) is 23.3 Å². The van der Waals surface area contributed by atoms with Gasteiger partial charge in [-0.15, -0.1) is 0 Å². The fourth-order valence-electron chi connectivity index (χ4n) is 6.02. The molecule has 4 heterocycles. The molecule has 0 aliphatic carbocycles. The van der Waals surface area contributed by atoms with Crippen LogP contribution in [0.15, 0.2) is 30.5 Å². The van der Waals surface area contributed by atoms with Gasteiger partial charge in [0.15, 0.2) is 13.5 Å². The largest absolute Gasteiger partial charge is 0.443 e. The molecule has 5 rings (SSSR count). The van der Waals surface area contributed by atoms with Crippen molar-refractivity contribution in [1.29, 1.82) is 5.26 Å². The van der Waals surface area contributed by atoms with E-state index in [9.17, 15) is 10.1 Å². The highest BCUT2D eigenvalue weighted by Gasteiger charge is 2.47. The van der Waals surface area contributed by atoms with Crippen LogP contribution in [-0.2, 0) is 21.1 Å². The number of benzene rings is 1. The lowest BCUT2D eigenvalue weighted by Gasteiger charge is -2.39. The summed E-state index contributed by atoms with van der Waals surface area (Å²) in [5.74, 6) is 1.57. The van der Waals surface area contributed by atoms with E-state index in [1.165, 1.54) is 0 Å². The highest BCUT2D eigenvalue weighted by atomic mass is 35.5. The summed E-state index contributed by atoms with van der Waals surface area (Å²) in [4.78, 5) is 26.8. The Morgan fingerprint density at radius 2 is 1.94 bits per heavy atom. The third kappa shape index (κ3) is 7.70. The monoisotopic (exact) mass is 692 g/mol. The van der Waals surface area contributed by atoms with Gasteiger partial charge in [0.05, 0.1) is 16.9 Å². The Balaban J connectivity index is 1.51. The number of carbonyl (C=O) groups excluding carboxylic acids is 1. The molecule has 2 aliphatic heterocycles. The molecular formula is C35H49ClN8O3Si. The van der Waals surface area contributed by atoms with Gasteiger partial charge in [-0.3, -0.25) is 4.90 Å². The van der Waals surface area contributed by atoms with E-state index in [0.29, 0.717) is 52.9 Å². The molecule has 0 bridgehead atoms. The van der Waals surface area contributed by atoms with Crippen LogP contribution >= 0.6 is 11.6 Å². The lowest BCUT2D eigenvalue weighted by molar-refractivity contribution is 0.0575. The molecule has 0 radical (unpaired) electrons. The van der Waals surface area contributed by atoms with Crippen molar-refractivity contribution in [3.8, 4) is 17.3 Å². The van der Waals surface area contributed by atoms with Crippen LogP contribution in [0.25, 0.3) is 11.3 Å². The summed E-state index contributed by atoms with van der Waals surface area (Å²) in [5.41, 5.74) is 1.84. The average molecular weight is 693 g/mol. The van der Waals surface area contributed by atoms with Crippen LogP contribution in [0.1, 0.15) is 66.0 Å². The van der Waals surface area contributed by atoms with Crippen LogP contribution in [0.3, 0.4) is 0 Å².